The highest BCUT2D eigenvalue weighted by Crippen LogP contribution is 2.40. The van der Waals surface area contributed by atoms with Gasteiger partial charge in [-0.15, -0.1) is 0 Å². The van der Waals surface area contributed by atoms with Crippen LogP contribution in [0.2, 0.25) is 0 Å². The normalized spacial score (nSPS) is 13.2. The van der Waals surface area contributed by atoms with E-state index in [1.54, 1.807) is 0 Å². The van der Waals surface area contributed by atoms with Gasteiger partial charge in [-0.05, 0) is 23.1 Å². The third-order valence-corrected chi connectivity index (χ3v) is 9.76. The first-order chi connectivity index (χ1) is 20.7. The Kier molecular flexibility index (Phi) is 17.0. The summed E-state index contributed by atoms with van der Waals surface area (Å²) in [6.07, 6.45) is 18.1. The number of methoxy groups -OCH3 is 1. The third-order valence-electron chi connectivity index (χ3n) is 8.39. The summed E-state index contributed by atoms with van der Waals surface area (Å²) in [5.74, 6) is 0.935. The lowest BCUT2D eigenvalue weighted by atomic mass is 9.80. The molecule has 0 aromatic heterocycles. The van der Waals surface area contributed by atoms with Crippen LogP contribution in [0.15, 0.2) is 91.0 Å². The van der Waals surface area contributed by atoms with Crippen LogP contribution < -0.4 is 0 Å². The van der Waals surface area contributed by atoms with Gasteiger partial charge in [0.25, 0.3) is 0 Å². The predicted molar refractivity (Wildman–Crippen MR) is 184 cm³/mol. The summed E-state index contributed by atoms with van der Waals surface area (Å²) < 4.78 is 13.0. The average Bonchev–Trinajstić information content (AvgIpc) is 3.04. The first-order valence-electron chi connectivity index (χ1n) is 16.7. The number of thioether (sulfide) groups is 1. The van der Waals surface area contributed by atoms with Crippen LogP contribution in [-0.2, 0) is 15.1 Å². The van der Waals surface area contributed by atoms with Gasteiger partial charge in [-0.2, -0.15) is 11.8 Å². The van der Waals surface area contributed by atoms with Gasteiger partial charge in [0.2, 0.25) is 0 Å². The second-order valence-corrected chi connectivity index (χ2v) is 13.2. The van der Waals surface area contributed by atoms with Crippen LogP contribution in [-0.4, -0.2) is 30.8 Å². The summed E-state index contributed by atoms with van der Waals surface area (Å²) in [6.45, 7) is 5.19. The maximum Gasteiger partial charge on any atom is 0.143 e. The van der Waals surface area contributed by atoms with E-state index in [2.05, 4.69) is 105 Å². The van der Waals surface area contributed by atoms with Gasteiger partial charge in [0.05, 0.1) is 12.7 Å². The van der Waals surface area contributed by atoms with E-state index in [0.29, 0.717) is 11.9 Å². The smallest absolute Gasteiger partial charge is 0.143 e. The number of unbranched alkanes of at least 4 members (excludes halogenated alkanes) is 11. The lowest BCUT2D eigenvalue weighted by molar-refractivity contribution is -0.0438. The van der Waals surface area contributed by atoms with Crippen molar-refractivity contribution < 1.29 is 9.47 Å². The van der Waals surface area contributed by atoms with Crippen molar-refractivity contribution in [1.29, 1.82) is 0 Å². The van der Waals surface area contributed by atoms with E-state index in [1.807, 2.05) is 18.9 Å². The molecular formula is C39H56O2S. The topological polar surface area (TPSA) is 18.5 Å². The first kappa shape index (κ1) is 34.4. The van der Waals surface area contributed by atoms with Crippen molar-refractivity contribution in [3.05, 3.63) is 108 Å². The van der Waals surface area contributed by atoms with Crippen molar-refractivity contribution >= 4 is 11.8 Å². The Morgan fingerprint density at radius 3 is 1.40 bits per heavy atom. The zero-order chi connectivity index (χ0) is 29.7. The molecule has 0 amide bonds. The molecule has 0 saturated heterocycles. The van der Waals surface area contributed by atoms with Crippen molar-refractivity contribution in [2.75, 3.05) is 19.5 Å². The fourth-order valence-electron chi connectivity index (χ4n) is 5.80. The zero-order valence-corrected chi connectivity index (χ0v) is 27.5. The van der Waals surface area contributed by atoms with E-state index in [-0.39, 0.29) is 6.10 Å². The van der Waals surface area contributed by atoms with Gasteiger partial charge in [-0.3, -0.25) is 0 Å². The molecule has 0 heterocycles. The van der Waals surface area contributed by atoms with Crippen LogP contribution in [0.1, 0.15) is 114 Å². The standard InChI is InChI=1S/C39H56O2S/c1-4-5-6-7-8-9-10-11-12-13-14-18-25-34(2)42-33-38(40-3)32-41-39(35-26-19-15-20-27-35,36-28-21-16-22-29-36)37-30-23-17-24-31-37/h15-17,19-24,26-31,34,38H,4-14,18,25,32-33H2,1-3H3. The van der Waals surface area contributed by atoms with Crippen LogP contribution in [0.3, 0.4) is 0 Å². The monoisotopic (exact) mass is 588 g/mol. The Morgan fingerprint density at radius 1 is 0.595 bits per heavy atom. The van der Waals surface area contributed by atoms with Gasteiger partial charge in [0.1, 0.15) is 5.60 Å². The molecular weight excluding hydrogens is 532 g/mol. The molecule has 2 unspecified atom stereocenters. The molecule has 0 N–H and O–H groups in total. The van der Waals surface area contributed by atoms with Crippen molar-refractivity contribution in [2.45, 2.75) is 114 Å². The molecule has 0 radical (unpaired) electrons. The molecule has 0 aliphatic carbocycles. The van der Waals surface area contributed by atoms with Gasteiger partial charge in [-0.1, -0.05) is 182 Å². The summed E-state index contributed by atoms with van der Waals surface area (Å²) in [6, 6.07) is 31.8. The molecule has 0 fully saturated rings. The average molecular weight is 589 g/mol. The molecule has 3 heteroatoms. The molecule has 42 heavy (non-hydrogen) atoms. The predicted octanol–water partition coefficient (Wildman–Crippen LogP) is 11.2. The largest absolute Gasteiger partial charge is 0.378 e. The highest BCUT2D eigenvalue weighted by Gasteiger charge is 2.38. The molecule has 0 bridgehead atoms. The maximum atomic E-state index is 7.01. The summed E-state index contributed by atoms with van der Waals surface area (Å²) in [5.41, 5.74) is 2.69. The Hall–Kier alpha value is -2.07. The number of hydrogen-bond donors (Lipinski definition) is 0. The minimum Gasteiger partial charge on any atom is -0.378 e. The molecule has 3 rings (SSSR count). The second-order valence-electron chi connectivity index (χ2n) is 11.8. The molecule has 3 aromatic rings. The first-order valence-corrected chi connectivity index (χ1v) is 17.7. The minimum absolute atomic E-state index is 0.0231. The fourth-order valence-corrected chi connectivity index (χ4v) is 6.91. The Labute approximate surface area is 262 Å². The van der Waals surface area contributed by atoms with Crippen molar-refractivity contribution in [2.24, 2.45) is 0 Å². The molecule has 2 atom stereocenters. The van der Waals surface area contributed by atoms with Gasteiger partial charge in [0.15, 0.2) is 0 Å². The van der Waals surface area contributed by atoms with E-state index in [1.165, 1.54) is 83.5 Å². The second kappa shape index (κ2) is 20.8. The van der Waals surface area contributed by atoms with Crippen LogP contribution in [0.25, 0.3) is 0 Å². The van der Waals surface area contributed by atoms with Crippen molar-refractivity contribution in [3.63, 3.8) is 0 Å². The van der Waals surface area contributed by atoms with E-state index >= 15 is 0 Å². The van der Waals surface area contributed by atoms with Gasteiger partial charge in [0, 0.05) is 18.1 Å². The van der Waals surface area contributed by atoms with Crippen LogP contribution in [0, 0.1) is 0 Å². The summed E-state index contributed by atoms with van der Waals surface area (Å²) >= 11 is 2.02. The molecule has 0 aliphatic rings. The van der Waals surface area contributed by atoms with Crippen LogP contribution >= 0.6 is 11.8 Å². The maximum absolute atomic E-state index is 7.01. The molecule has 0 spiro atoms. The molecule has 0 saturated carbocycles. The Morgan fingerprint density at radius 2 is 1.00 bits per heavy atom. The Bertz CT molecular complexity index is 943. The highest BCUT2D eigenvalue weighted by molar-refractivity contribution is 7.99. The summed E-state index contributed by atoms with van der Waals surface area (Å²) in [4.78, 5) is 0. The zero-order valence-electron chi connectivity index (χ0n) is 26.6. The van der Waals surface area contributed by atoms with Crippen LogP contribution in [0.4, 0.5) is 0 Å². The SMILES string of the molecule is CCCCCCCCCCCCCCC(C)SCC(COC(c1ccccc1)(c1ccccc1)c1ccccc1)OC. The summed E-state index contributed by atoms with van der Waals surface area (Å²) in [7, 11) is 1.82. The van der Waals surface area contributed by atoms with E-state index in [9.17, 15) is 0 Å². The van der Waals surface area contributed by atoms with Gasteiger partial charge in [-0.25, -0.2) is 0 Å². The third kappa shape index (κ3) is 11.5. The van der Waals surface area contributed by atoms with Gasteiger partial charge < -0.3 is 9.47 Å². The fraction of sp³-hybridized carbons (Fsp3) is 0.538. The van der Waals surface area contributed by atoms with Crippen molar-refractivity contribution in [3.8, 4) is 0 Å². The number of benzene rings is 3. The minimum atomic E-state index is -0.702. The highest BCUT2D eigenvalue weighted by atomic mass is 32.2. The number of ether oxygens (including phenoxy) is 2. The van der Waals surface area contributed by atoms with E-state index in [0.717, 1.165) is 22.4 Å². The quantitative estimate of drug-likeness (QED) is 0.0811. The molecule has 0 aliphatic heterocycles. The van der Waals surface area contributed by atoms with Gasteiger partial charge >= 0.3 is 0 Å². The summed E-state index contributed by atoms with van der Waals surface area (Å²) in [5, 5.41) is 0.632. The number of rotatable bonds is 23. The van der Waals surface area contributed by atoms with E-state index in [4.69, 9.17) is 9.47 Å². The van der Waals surface area contributed by atoms with Crippen molar-refractivity contribution in [1.82, 2.24) is 0 Å². The lowest BCUT2D eigenvalue weighted by Crippen LogP contribution is -2.36. The number of hydrogen-bond acceptors (Lipinski definition) is 3. The molecule has 3 aromatic carbocycles. The Balaban J connectivity index is 1.47. The molecule has 2 nitrogen and oxygen atoms in total. The van der Waals surface area contributed by atoms with Crippen LogP contribution in [0.5, 0.6) is 0 Å². The van der Waals surface area contributed by atoms with E-state index < -0.39 is 5.60 Å². The lowest BCUT2D eigenvalue weighted by Gasteiger charge is -2.37. The molecule has 230 valence electrons.